The Labute approximate surface area is 121 Å². The first kappa shape index (κ1) is 13.2. The zero-order chi connectivity index (χ0) is 13.8. The van der Waals surface area contributed by atoms with Gasteiger partial charge in [-0.2, -0.15) is 4.98 Å². The van der Waals surface area contributed by atoms with Gasteiger partial charge in [-0.15, -0.1) is 0 Å². The highest BCUT2D eigenvalue weighted by Gasteiger charge is 2.08. The van der Waals surface area contributed by atoms with Crippen LogP contribution in [0, 0.1) is 0 Å². The van der Waals surface area contributed by atoms with Crippen LogP contribution < -0.4 is 0 Å². The maximum atomic E-state index is 5.21. The van der Waals surface area contributed by atoms with E-state index in [9.17, 15) is 0 Å². The predicted molar refractivity (Wildman–Crippen MR) is 78.6 cm³/mol. The number of H-pyrrole nitrogens is 1. The van der Waals surface area contributed by atoms with Crippen LogP contribution in [0.2, 0.25) is 0 Å². The van der Waals surface area contributed by atoms with E-state index in [2.05, 4.69) is 27.0 Å². The Balaban J connectivity index is 1.62. The van der Waals surface area contributed by atoms with Gasteiger partial charge in [-0.05, 0) is 18.6 Å². The number of unbranched alkanes of at least 4 members (excludes halogenated alkanes) is 1. The Morgan fingerprint density at radius 3 is 3.00 bits per heavy atom. The summed E-state index contributed by atoms with van der Waals surface area (Å²) in [5.74, 6) is 2.11. The summed E-state index contributed by atoms with van der Waals surface area (Å²) in [5.41, 5.74) is 2.03. The number of thioether (sulfide) groups is 1. The van der Waals surface area contributed by atoms with Crippen LogP contribution in [-0.4, -0.2) is 20.1 Å². The Kier molecular flexibility index (Phi) is 4.01. The molecule has 0 aliphatic rings. The summed E-state index contributed by atoms with van der Waals surface area (Å²) in [4.78, 5) is 12.2. The molecule has 0 aliphatic carbocycles. The number of benzene rings is 1. The Bertz CT molecular complexity index is 658. The molecule has 2 heterocycles. The zero-order valence-corrected chi connectivity index (χ0v) is 12.1. The van der Waals surface area contributed by atoms with Gasteiger partial charge in [0.05, 0.1) is 16.8 Å². The summed E-state index contributed by atoms with van der Waals surface area (Å²) in [6, 6.07) is 7.99. The van der Waals surface area contributed by atoms with Gasteiger partial charge in [0.25, 0.3) is 0 Å². The largest absolute Gasteiger partial charge is 0.339 e. The summed E-state index contributed by atoms with van der Waals surface area (Å²) in [6.45, 7) is 2.15. The quantitative estimate of drug-likeness (QED) is 0.702. The molecule has 1 N–H and O–H groups in total. The van der Waals surface area contributed by atoms with Crippen molar-refractivity contribution in [3.05, 3.63) is 36.0 Å². The lowest BCUT2D eigenvalue weighted by atomic mass is 10.2. The molecule has 104 valence electrons. The monoisotopic (exact) mass is 288 g/mol. The average Bonchev–Trinajstić information content (AvgIpc) is 3.09. The second kappa shape index (κ2) is 6.09. The van der Waals surface area contributed by atoms with E-state index in [-0.39, 0.29) is 0 Å². The van der Waals surface area contributed by atoms with Gasteiger partial charge < -0.3 is 9.51 Å². The van der Waals surface area contributed by atoms with E-state index in [4.69, 9.17) is 4.52 Å². The first-order valence-corrected chi connectivity index (χ1v) is 7.72. The molecule has 3 rings (SSSR count). The van der Waals surface area contributed by atoms with Gasteiger partial charge in [-0.1, -0.05) is 42.4 Å². The number of rotatable bonds is 6. The van der Waals surface area contributed by atoms with Gasteiger partial charge in [0, 0.05) is 6.42 Å². The molecule has 5 nitrogen and oxygen atoms in total. The molecule has 1 aromatic carbocycles. The van der Waals surface area contributed by atoms with Gasteiger partial charge in [0.2, 0.25) is 5.89 Å². The van der Waals surface area contributed by atoms with Gasteiger partial charge in [-0.3, -0.25) is 0 Å². The topological polar surface area (TPSA) is 67.6 Å². The van der Waals surface area contributed by atoms with E-state index in [1.807, 2.05) is 24.3 Å². The molecular formula is C14H16N4OS. The molecule has 0 fully saturated rings. The molecule has 0 radical (unpaired) electrons. The van der Waals surface area contributed by atoms with Crippen molar-refractivity contribution in [2.24, 2.45) is 0 Å². The molecule has 0 unspecified atom stereocenters. The van der Waals surface area contributed by atoms with Crippen LogP contribution in [-0.2, 0) is 12.2 Å². The van der Waals surface area contributed by atoms with Crippen molar-refractivity contribution >= 4 is 22.8 Å². The predicted octanol–water partition coefficient (Wildman–Crippen LogP) is 3.58. The van der Waals surface area contributed by atoms with Crippen LogP contribution in [0.3, 0.4) is 0 Å². The zero-order valence-electron chi connectivity index (χ0n) is 11.3. The van der Waals surface area contributed by atoms with Crippen molar-refractivity contribution in [3.63, 3.8) is 0 Å². The molecular weight excluding hydrogens is 272 g/mol. The third-order valence-electron chi connectivity index (χ3n) is 2.96. The molecule has 0 bridgehead atoms. The fourth-order valence-electron chi connectivity index (χ4n) is 1.91. The smallest absolute Gasteiger partial charge is 0.226 e. The van der Waals surface area contributed by atoms with Crippen LogP contribution in [0.1, 0.15) is 31.5 Å². The van der Waals surface area contributed by atoms with Crippen LogP contribution in [0.4, 0.5) is 0 Å². The molecule has 0 atom stereocenters. The van der Waals surface area contributed by atoms with Crippen LogP contribution >= 0.6 is 11.8 Å². The number of fused-ring (bicyclic) bond motifs is 1. The fourth-order valence-corrected chi connectivity index (χ4v) is 2.64. The van der Waals surface area contributed by atoms with Crippen molar-refractivity contribution in [3.8, 4) is 0 Å². The fraction of sp³-hybridized carbons (Fsp3) is 0.357. The second-order valence-electron chi connectivity index (χ2n) is 4.56. The third-order valence-corrected chi connectivity index (χ3v) is 3.83. The number of aromatic amines is 1. The van der Waals surface area contributed by atoms with Crippen LogP contribution in [0.5, 0.6) is 0 Å². The number of para-hydroxylation sites is 2. The summed E-state index contributed by atoms with van der Waals surface area (Å²) in [6.07, 6.45) is 3.07. The van der Waals surface area contributed by atoms with E-state index in [1.165, 1.54) is 0 Å². The average molecular weight is 288 g/mol. The molecule has 0 saturated carbocycles. The Morgan fingerprint density at radius 2 is 2.15 bits per heavy atom. The molecule has 2 aromatic heterocycles. The molecule has 20 heavy (non-hydrogen) atoms. The maximum Gasteiger partial charge on any atom is 0.226 e. The summed E-state index contributed by atoms with van der Waals surface area (Å²) in [5, 5.41) is 4.87. The first-order chi connectivity index (χ1) is 9.85. The van der Waals surface area contributed by atoms with E-state index in [0.29, 0.717) is 5.75 Å². The summed E-state index contributed by atoms with van der Waals surface area (Å²) in [7, 11) is 0. The lowest BCUT2D eigenvalue weighted by molar-refractivity contribution is 0.371. The van der Waals surface area contributed by atoms with Crippen molar-refractivity contribution in [2.75, 3.05) is 0 Å². The van der Waals surface area contributed by atoms with Gasteiger partial charge in [0.1, 0.15) is 0 Å². The Hall–Kier alpha value is -1.82. The van der Waals surface area contributed by atoms with Crippen LogP contribution in [0.25, 0.3) is 11.0 Å². The lowest BCUT2D eigenvalue weighted by Crippen LogP contribution is -1.87. The number of aryl methyl sites for hydroxylation is 1. The molecule has 0 spiro atoms. The third kappa shape index (κ3) is 3.01. The number of nitrogens with one attached hydrogen (secondary N) is 1. The molecule has 3 aromatic rings. The van der Waals surface area contributed by atoms with Crippen molar-refractivity contribution in [1.82, 2.24) is 20.1 Å². The van der Waals surface area contributed by atoms with Gasteiger partial charge in [0.15, 0.2) is 11.0 Å². The van der Waals surface area contributed by atoms with E-state index >= 15 is 0 Å². The van der Waals surface area contributed by atoms with E-state index in [1.54, 1.807) is 11.8 Å². The van der Waals surface area contributed by atoms with Crippen molar-refractivity contribution in [2.45, 2.75) is 37.1 Å². The van der Waals surface area contributed by atoms with E-state index < -0.39 is 0 Å². The standard InChI is InChI=1S/C14H16N4OS/c1-2-3-8-13-17-12(18-19-13)9-20-14-15-10-6-4-5-7-11(10)16-14/h4-7H,2-3,8-9H2,1H3,(H,15,16). The minimum atomic E-state index is 0.662. The summed E-state index contributed by atoms with van der Waals surface area (Å²) >= 11 is 1.58. The second-order valence-corrected chi connectivity index (χ2v) is 5.52. The van der Waals surface area contributed by atoms with Crippen molar-refractivity contribution < 1.29 is 4.52 Å². The van der Waals surface area contributed by atoms with Gasteiger partial charge in [-0.25, -0.2) is 4.98 Å². The van der Waals surface area contributed by atoms with Gasteiger partial charge >= 0.3 is 0 Å². The number of hydrogen-bond donors (Lipinski definition) is 1. The molecule has 0 amide bonds. The minimum absolute atomic E-state index is 0.662. The SMILES string of the molecule is CCCCc1nc(CSc2nc3ccccc3[nH]2)no1. The first-order valence-electron chi connectivity index (χ1n) is 6.74. The number of hydrogen-bond acceptors (Lipinski definition) is 5. The highest BCUT2D eigenvalue weighted by Crippen LogP contribution is 2.22. The summed E-state index contributed by atoms with van der Waals surface area (Å²) < 4.78 is 5.21. The number of aromatic nitrogens is 4. The normalized spacial score (nSPS) is 11.2. The lowest BCUT2D eigenvalue weighted by Gasteiger charge is -1.91. The minimum Gasteiger partial charge on any atom is -0.339 e. The highest BCUT2D eigenvalue weighted by molar-refractivity contribution is 7.98. The molecule has 6 heteroatoms. The number of imidazole rings is 1. The molecule has 0 saturated heterocycles. The maximum absolute atomic E-state index is 5.21. The Morgan fingerprint density at radius 1 is 1.25 bits per heavy atom. The molecule has 0 aliphatic heterocycles. The van der Waals surface area contributed by atoms with Crippen LogP contribution in [0.15, 0.2) is 33.9 Å². The van der Waals surface area contributed by atoms with Crippen molar-refractivity contribution in [1.29, 1.82) is 0 Å². The highest BCUT2D eigenvalue weighted by atomic mass is 32.2. The number of nitrogens with zero attached hydrogens (tertiary/aromatic N) is 3. The van der Waals surface area contributed by atoms with E-state index in [0.717, 1.165) is 47.2 Å².